The molecular weight excluding hydrogens is 244 g/mol. The van der Waals surface area contributed by atoms with E-state index in [1.165, 1.54) is 22.5 Å². The highest BCUT2D eigenvalue weighted by Gasteiger charge is 2.08. The molecule has 1 amide bonds. The summed E-state index contributed by atoms with van der Waals surface area (Å²) in [6, 6.07) is 6.30. The second-order valence-corrected chi connectivity index (χ2v) is 5.12. The summed E-state index contributed by atoms with van der Waals surface area (Å²) in [6.07, 6.45) is 0.471. The van der Waals surface area contributed by atoms with Crippen LogP contribution >= 0.6 is 11.3 Å². The van der Waals surface area contributed by atoms with Gasteiger partial charge in [-0.15, -0.1) is 11.3 Å². The average molecular weight is 260 g/mol. The van der Waals surface area contributed by atoms with Gasteiger partial charge in [0.2, 0.25) is 5.91 Å². The number of aryl methyl sites for hydroxylation is 2. The highest BCUT2D eigenvalue weighted by molar-refractivity contribution is 7.14. The Labute approximate surface area is 111 Å². The van der Waals surface area contributed by atoms with Crippen molar-refractivity contribution in [3.63, 3.8) is 0 Å². The molecule has 94 valence electrons. The van der Waals surface area contributed by atoms with Crippen molar-refractivity contribution in [1.82, 2.24) is 4.98 Å². The number of aromatic nitrogens is 1. The fourth-order valence-corrected chi connectivity index (χ4v) is 2.40. The van der Waals surface area contributed by atoms with Crippen LogP contribution in [0.4, 0.5) is 5.13 Å². The average Bonchev–Trinajstić information content (AvgIpc) is 2.80. The lowest BCUT2D eigenvalue weighted by Gasteiger charge is -2.03. The molecular formula is C14H16N2OS. The third-order valence-corrected chi connectivity index (χ3v) is 3.50. The van der Waals surface area contributed by atoms with Crippen molar-refractivity contribution >= 4 is 22.4 Å². The molecule has 0 fully saturated rings. The SMILES string of the molecule is CCC(=O)Nc1nc(-c2cc(C)ccc2C)cs1. The lowest BCUT2D eigenvalue weighted by atomic mass is 10.0. The highest BCUT2D eigenvalue weighted by atomic mass is 32.1. The zero-order valence-corrected chi connectivity index (χ0v) is 11.6. The lowest BCUT2D eigenvalue weighted by Crippen LogP contribution is -2.08. The topological polar surface area (TPSA) is 42.0 Å². The Morgan fingerprint density at radius 1 is 1.39 bits per heavy atom. The monoisotopic (exact) mass is 260 g/mol. The summed E-state index contributed by atoms with van der Waals surface area (Å²) < 4.78 is 0. The standard InChI is InChI=1S/C14H16N2OS/c1-4-13(17)16-14-15-12(8-18-14)11-7-9(2)5-6-10(11)3/h5-8H,4H2,1-3H3,(H,15,16,17). The van der Waals surface area contributed by atoms with Crippen LogP contribution in [0, 0.1) is 13.8 Å². The number of carbonyl (C=O) groups excluding carboxylic acids is 1. The van der Waals surface area contributed by atoms with E-state index in [2.05, 4.69) is 42.3 Å². The third kappa shape index (κ3) is 2.76. The minimum absolute atomic E-state index is 0.00290. The third-order valence-electron chi connectivity index (χ3n) is 2.74. The Kier molecular flexibility index (Phi) is 3.77. The number of hydrogen-bond donors (Lipinski definition) is 1. The molecule has 0 unspecified atom stereocenters. The number of hydrogen-bond acceptors (Lipinski definition) is 3. The summed E-state index contributed by atoms with van der Waals surface area (Å²) in [6.45, 7) is 5.96. The number of nitrogens with one attached hydrogen (secondary N) is 1. The molecule has 2 aromatic rings. The van der Waals surface area contributed by atoms with Crippen LogP contribution < -0.4 is 5.32 Å². The van der Waals surface area contributed by atoms with Gasteiger partial charge in [0.1, 0.15) is 0 Å². The second kappa shape index (κ2) is 5.31. The van der Waals surface area contributed by atoms with E-state index in [0.717, 1.165) is 11.3 Å². The molecule has 1 heterocycles. The summed E-state index contributed by atoms with van der Waals surface area (Å²) >= 11 is 1.46. The molecule has 0 spiro atoms. The van der Waals surface area contributed by atoms with Crippen molar-refractivity contribution < 1.29 is 4.79 Å². The Hall–Kier alpha value is -1.68. The van der Waals surface area contributed by atoms with Gasteiger partial charge in [-0.3, -0.25) is 4.79 Å². The van der Waals surface area contributed by atoms with E-state index in [1.807, 2.05) is 12.3 Å². The van der Waals surface area contributed by atoms with Gasteiger partial charge in [-0.2, -0.15) is 0 Å². The van der Waals surface area contributed by atoms with Gasteiger partial charge in [-0.05, 0) is 25.5 Å². The first-order valence-electron chi connectivity index (χ1n) is 5.93. The van der Waals surface area contributed by atoms with E-state index in [1.54, 1.807) is 0 Å². The van der Waals surface area contributed by atoms with Crippen LogP contribution in [-0.4, -0.2) is 10.9 Å². The fourth-order valence-electron chi connectivity index (χ4n) is 1.67. The number of benzene rings is 1. The molecule has 0 saturated carbocycles. The number of rotatable bonds is 3. The maximum Gasteiger partial charge on any atom is 0.225 e. The molecule has 0 aliphatic heterocycles. The van der Waals surface area contributed by atoms with Crippen LogP contribution in [0.15, 0.2) is 23.6 Å². The Morgan fingerprint density at radius 2 is 2.17 bits per heavy atom. The van der Waals surface area contributed by atoms with Crippen molar-refractivity contribution in [3.05, 3.63) is 34.7 Å². The van der Waals surface area contributed by atoms with Crippen LogP contribution in [0.25, 0.3) is 11.3 Å². The highest BCUT2D eigenvalue weighted by Crippen LogP contribution is 2.28. The maximum absolute atomic E-state index is 11.3. The molecule has 2 rings (SSSR count). The lowest BCUT2D eigenvalue weighted by molar-refractivity contribution is -0.115. The number of carbonyl (C=O) groups is 1. The molecule has 0 aliphatic rings. The molecule has 0 aliphatic carbocycles. The normalized spacial score (nSPS) is 10.4. The molecule has 0 radical (unpaired) electrons. The first-order valence-corrected chi connectivity index (χ1v) is 6.81. The molecule has 0 saturated heterocycles. The van der Waals surface area contributed by atoms with Gasteiger partial charge in [0, 0.05) is 17.4 Å². The van der Waals surface area contributed by atoms with Gasteiger partial charge in [-0.1, -0.05) is 24.6 Å². The van der Waals surface area contributed by atoms with E-state index >= 15 is 0 Å². The largest absolute Gasteiger partial charge is 0.302 e. The van der Waals surface area contributed by atoms with Gasteiger partial charge in [0.05, 0.1) is 5.69 Å². The van der Waals surface area contributed by atoms with Gasteiger partial charge >= 0.3 is 0 Å². The summed E-state index contributed by atoms with van der Waals surface area (Å²) in [5.74, 6) is -0.00290. The predicted octanol–water partition coefficient (Wildman–Crippen LogP) is 3.78. The molecule has 1 aromatic carbocycles. The van der Waals surface area contributed by atoms with Crippen molar-refractivity contribution in [2.75, 3.05) is 5.32 Å². The molecule has 18 heavy (non-hydrogen) atoms. The van der Waals surface area contributed by atoms with Crippen molar-refractivity contribution in [3.8, 4) is 11.3 Å². The van der Waals surface area contributed by atoms with Crippen LogP contribution in [0.3, 0.4) is 0 Å². The van der Waals surface area contributed by atoms with Gasteiger partial charge in [0.25, 0.3) is 0 Å². The zero-order chi connectivity index (χ0) is 13.1. The number of amides is 1. The first kappa shape index (κ1) is 12.8. The van der Waals surface area contributed by atoms with Crippen LogP contribution in [-0.2, 0) is 4.79 Å². The van der Waals surface area contributed by atoms with Crippen LogP contribution in [0.1, 0.15) is 24.5 Å². The second-order valence-electron chi connectivity index (χ2n) is 4.26. The van der Waals surface area contributed by atoms with E-state index < -0.39 is 0 Å². The minimum Gasteiger partial charge on any atom is -0.302 e. The Balaban J connectivity index is 2.29. The van der Waals surface area contributed by atoms with Crippen LogP contribution in [0.2, 0.25) is 0 Å². The number of nitrogens with zero attached hydrogens (tertiary/aromatic N) is 1. The summed E-state index contributed by atoms with van der Waals surface area (Å²) in [4.78, 5) is 15.8. The van der Waals surface area contributed by atoms with Crippen molar-refractivity contribution in [1.29, 1.82) is 0 Å². The number of thiazole rings is 1. The van der Waals surface area contributed by atoms with E-state index in [-0.39, 0.29) is 5.91 Å². The smallest absolute Gasteiger partial charge is 0.225 e. The van der Waals surface area contributed by atoms with Gasteiger partial charge in [-0.25, -0.2) is 4.98 Å². The Morgan fingerprint density at radius 3 is 2.89 bits per heavy atom. The molecule has 4 heteroatoms. The minimum atomic E-state index is -0.00290. The maximum atomic E-state index is 11.3. The zero-order valence-electron chi connectivity index (χ0n) is 10.8. The first-order chi connectivity index (χ1) is 8.60. The van der Waals surface area contributed by atoms with Crippen molar-refractivity contribution in [2.45, 2.75) is 27.2 Å². The summed E-state index contributed by atoms with van der Waals surface area (Å²) in [5, 5.41) is 5.43. The quantitative estimate of drug-likeness (QED) is 0.912. The van der Waals surface area contributed by atoms with Crippen LogP contribution in [0.5, 0.6) is 0 Å². The van der Waals surface area contributed by atoms with E-state index in [9.17, 15) is 4.79 Å². The Bertz CT molecular complexity index is 575. The molecule has 3 nitrogen and oxygen atoms in total. The van der Waals surface area contributed by atoms with E-state index in [0.29, 0.717) is 11.6 Å². The summed E-state index contributed by atoms with van der Waals surface area (Å²) in [7, 11) is 0. The number of anilines is 1. The molecule has 1 aromatic heterocycles. The summed E-state index contributed by atoms with van der Waals surface area (Å²) in [5.41, 5.74) is 4.46. The fraction of sp³-hybridized carbons (Fsp3) is 0.286. The molecule has 0 atom stereocenters. The predicted molar refractivity (Wildman–Crippen MR) is 75.9 cm³/mol. The molecule has 0 bridgehead atoms. The van der Waals surface area contributed by atoms with E-state index in [4.69, 9.17) is 0 Å². The van der Waals surface area contributed by atoms with Gasteiger partial charge < -0.3 is 5.32 Å². The van der Waals surface area contributed by atoms with Gasteiger partial charge in [0.15, 0.2) is 5.13 Å². The molecule has 1 N–H and O–H groups in total. The van der Waals surface area contributed by atoms with Crippen molar-refractivity contribution in [2.24, 2.45) is 0 Å².